The minimum atomic E-state index is -0.785. The quantitative estimate of drug-likeness (QED) is 0.799. The number of carboxylic acid groups (broad SMARTS) is 1. The molecule has 0 aromatic heterocycles. The van der Waals surface area contributed by atoms with E-state index in [0.29, 0.717) is 12.8 Å². The van der Waals surface area contributed by atoms with Gasteiger partial charge in [-0.25, -0.2) is 0 Å². The summed E-state index contributed by atoms with van der Waals surface area (Å²) in [5, 5.41) is 18.2. The lowest BCUT2D eigenvalue weighted by Crippen LogP contribution is -2.14. The predicted octanol–water partition coefficient (Wildman–Crippen LogP) is 1.87. The molecule has 0 bridgehead atoms. The Hall–Kier alpha value is -1.35. The Labute approximate surface area is 95.7 Å². The molecule has 0 aliphatic carbocycles. The lowest BCUT2D eigenvalue weighted by atomic mass is 9.94. The van der Waals surface area contributed by atoms with E-state index in [2.05, 4.69) is 0 Å². The SMILES string of the molecule is CC(O)Cc1ccccc1CC(C)C(=O)O. The van der Waals surface area contributed by atoms with Crippen molar-refractivity contribution in [1.29, 1.82) is 0 Å². The molecule has 2 N–H and O–H groups in total. The van der Waals surface area contributed by atoms with Gasteiger partial charge in [0.2, 0.25) is 0 Å². The van der Waals surface area contributed by atoms with Gasteiger partial charge in [-0.15, -0.1) is 0 Å². The van der Waals surface area contributed by atoms with E-state index in [1.54, 1.807) is 13.8 Å². The maximum Gasteiger partial charge on any atom is 0.306 e. The molecule has 2 unspecified atom stereocenters. The highest BCUT2D eigenvalue weighted by Crippen LogP contribution is 2.16. The second kappa shape index (κ2) is 5.66. The molecular weight excluding hydrogens is 204 g/mol. The van der Waals surface area contributed by atoms with Crippen molar-refractivity contribution < 1.29 is 15.0 Å². The summed E-state index contributed by atoms with van der Waals surface area (Å²) >= 11 is 0. The first-order valence-electron chi connectivity index (χ1n) is 5.48. The molecule has 2 atom stereocenters. The van der Waals surface area contributed by atoms with Crippen LogP contribution in [0.1, 0.15) is 25.0 Å². The van der Waals surface area contributed by atoms with Gasteiger partial charge in [0.25, 0.3) is 0 Å². The summed E-state index contributed by atoms with van der Waals surface area (Å²) in [5.41, 5.74) is 2.05. The van der Waals surface area contributed by atoms with Crippen LogP contribution in [0.5, 0.6) is 0 Å². The molecule has 3 heteroatoms. The van der Waals surface area contributed by atoms with Crippen molar-refractivity contribution in [3.63, 3.8) is 0 Å². The molecule has 0 saturated heterocycles. The average Bonchev–Trinajstić information content (AvgIpc) is 2.20. The minimum Gasteiger partial charge on any atom is -0.481 e. The van der Waals surface area contributed by atoms with Crippen LogP contribution in [0.4, 0.5) is 0 Å². The topological polar surface area (TPSA) is 57.5 Å². The maximum absolute atomic E-state index is 10.8. The summed E-state index contributed by atoms with van der Waals surface area (Å²) in [5.74, 6) is -1.18. The molecule has 0 aliphatic heterocycles. The van der Waals surface area contributed by atoms with Gasteiger partial charge in [0.15, 0.2) is 0 Å². The molecule has 1 aromatic rings. The van der Waals surface area contributed by atoms with Gasteiger partial charge < -0.3 is 10.2 Å². The number of carboxylic acids is 1. The largest absolute Gasteiger partial charge is 0.481 e. The third-order valence-corrected chi connectivity index (χ3v) is 2.58. The highest BCUT2D eigenvalue weighted by Gasteiger charge is 2.14. The molecule has 1 rings (SSSR count). The summed E-state index contributed by atoms with van der Waals surface area (Å²) in [6, 6.07) is 7.68. The van der Waals surface area contributed by atoms with Crippen molar-refractivity contribution in [2.24, 2.45) is 5.92 Å². The van der Waals surface area contributed by atoms with Gasteiger partial charge in [0.05, 0.1) is 12.0 Å². The Bertz CT molecular complexity index is 358. The van der Waals surface area contributed by atoms with Crippen LogP contribution < -0.4 is 0 Å². The van der Waals surface area contributed by atoms with Gasteiger partial charge in [-0.05, 0) is 30.9 Å². The fourth-order valence-electron chi connectivity index (χ4n) is 1.69. The van der Waals surface area contributed by atoms with Crippen LogP contribution in [0, 0.1) is 5.92 Å². The molecule has 0 radical (unpaired) electrons. The van der Waals surface area contributed by atoms with E-state index in [9.17, 15) is 9.90 Å². The van der Waals surface area contributed by atoms with Crippen LogP contribution in [0.15, 0.2) is 24.3 Å². The molecule has 0 amide bonds. The third kappa shape index (κ3) is 3.66. The Morgan fingerprint density at radius 1 is 1.19 bits per heavy atom. The van der Waals surface area contributed by atoms with Crippen molar-refractivity contribution in [1.82, 2.24) is 0 Å². The van der Waals surface area contributed by atoms with E-state index in [4.69, 9.17) is 5.11 Å². The highest BCUT2D eigenvalue weighted by atomic mass is 16.4. The van der Waals surface area contributed by atoms with Crippen LogP contribution in [0.3, 0.4) is 0 Å². The molecule has 0 spiro atoms. The number of aliphatic hydroxyl groups excluding tert-OH is 1. The molecule has 1 aromatic carbocycles. The zero-order chi connectivity index (χ0) is 12.1. The molecule has 3 nitrogen and oxygen atoms in total. The van der Waals surface area contributed by atoms with Crippen molar-refractivity contribution >= 4 is 5.97 Å². The Morgan fingerprint density at radius 2 is 1.69 bits per heavy atom. The van der Waals surface area contributed by atoms with Crippen LogP contribution >= 0.6 is 0 Å². The van der Waals surface area contributed by atoms with E-state index in [1.807, 2.05) is 24.3 Å². The van der Waals surface area contributed by atoms with Crippen LogP contribution in [0.25, 0.3) is 0 Å². The normalized spacial score (nSPS) is 14.4. The molecule has 0 heterocycles. The number of rotatable bonds is 5. The fourth-order valence-corrected chi connectivity index (χ4v) is 1.69. The molecule has 0 fully saturated rings. The third-order valence-electron chi connectivity index (χ3n) is 2.58. The standard InChI is InChI=1S/C13H18O3/c1-9(13(15)16)7-11-5-3-4-6-12(11)8-10(2)14/h3-6,9-10,14H,7-8H2,1-2H3,(H,15,16). The van der Waals surface area contributed by atoms with Gasteiger partial charge in [-0.1, -0.05) is 31.2 Å². The van der Waals surface area contributed by atoms with Crippen LogP contribution in [-0.2, 0) is 17.6 Å². The van der Waals surface area contributed by atoms with Crippen molar-refractivity contribution in [2.45, 2.75) is 32.8 Å². The van der Waals surface area contributed by atoms with Gasteiger partial charge in [0.1, 0.15) is 0 Å². The zero-order valence-electron chi connectivity index (χ0n) is 9.68. The number of aliphatic hydroxyl groups is 1. The molecule has 88 valence electrons. The minimum absolute atomic E-state index is 0.393. The van der Waals surface area contributed by atoms with E-state index < -0.39 is 18.0 Å². The number of hydrogen-bond donors (Lipinski definition) is 2. The predicted molar refractivity (Wildman–Crippen MR) is 62.3 cm³/mol. The smallest absolute Gasteiger partial charge is 0.306 e. The average molecular weight is 222 g/mol. The van der Waals surface area contributed by atoms with Gasteiger partial charge in [0, 0.05) is 0 Å². The summed E-state index contributed by atoms with van der Waals surface area (Å²) < 4.78 is 0. The first kappa shape index (κ1) is 12.7. The first-order chi connectivity index (χ1) is 7.50. The highest BCUT2D eigenvalue weighted by molar-refractivity contribution is 5.70. The van der Waals surface area contributed by atoms with Crippen molar-refractivity contribution in [3.05, 3.63) is 35.4 Å². The lowest BCUT2D eigenvalue weighted by molar-refractivity contribution is -0.141. The van der Waals surface area contributed by atoms with Crippen molar-refractivity contribution in [3.8, 4) is 0 Å². The molecule has 0 aliphatic rings. The maximum atomic E-state index is 10.8. The Morgan fingerprint density at radius 3 is 2.12 bits per heavy atom. The number of benzene rings is 1. The second-order valence-corrected chi connectivity index (χ2v) is 4.27. The van der Waals surface area contributed by atoms with Crippen molar-refractivity contribution in [2.75, 3.05) is 0 Å². The van der Waals surface area contributed by atoms with E-state index in [0.717, 1.165) is 11.1 Å². The van der Waals surface area contributed by atoms with Gasteiger partial charge in [-0.2, -0.15) is 0 Å². The molecule has 0 saturated carbocycles. The van der Waals surface area contributed by atoms with E-state index in [1.165, 1.54) is 0 Å². The number of carbonyl (C=O) groups is 1. The Balaban J connectivity index is 2.82. The summed E-state index contributed by atoms with van der Waals surface area (Å²) in [4.78, 5) is 10.8. The zero-order valence-corrected chi connectivity index (χ0v) is 9.68. The van der Waals surface area contributed by atoms with Gasteiger partial charge in [-0.3, -0.25) is 4.79 Å². The van der Waals surface area contributed by atoms with E-state index in [-0.39, 0.29) is 0 Å². The Kier molecular flexibility index (Phi) is 4.50. The fraction of sp³-hybridized carbons (Fsp3) is 0.462. The lowest BCUT2D eigenvalue weighted by Gasteiger charge is -2.13. The van der Waals surface area contributed by atoms with E-state index >= 15 is 0 Å². The van der Waals surface area contributed by atoms with Gasteiger partial charge >= 0.3 is 5.97 Å². The number of aliphatic carboxylic acids is 1. The summed E-state index contributed by atoms with van der Waals surface area (Å²) in [6.45, 7) is 3.43. The first-order valence-corrected chi connectivity index (χ1v) is 5.48. The molecule has 16 heavy (non-hydrogen) atoms. The molecular formula is C13H18O3. The summed E-state index contributed by atoms with van der Waals surface area (Å²) in [7, 11) is 0. The second-order valence-electron chi connectivity index (χ2n) is 4.27. The van der Waals surface area contributed by atoms with Crippen LogP contribution in [0.2, 0.25) is 0 Å². The summed E-state index contributed by atoms with van der Waals surface area (Å²) in [6.07, 6.45) is 0.682. The monoisotopic (exact) mass is 222 g/mol. The number of hydrogen-bond acceptors (Lipinski definition) is 2. The van der Waals surface area contributed by atoms with Crippen LogP contribution in [-0.4, -0.2) is 22.3 Å².